The van der Waals surface area contributed by atoms with Gasteiger partial charge in [-0.25, -0.2) is 9.79 Å². The third-order valence-corrected chi connectivity index (χ3v) is 6.23. The molecule has 0 bridgehead atoms. The number of nitrogens with two attached hydrogens (primary N) is 1. The van der Waals surface area contributed by atoms with Crippen molar-refractivity contribution in [1.82, 2.24) is 14.7 Å². The van der Waals surface area contributed by atoms with E-state index in [0.717, 1.165) is 37.2 Å². The molecule has 3 aliphatic heterocycles. The highest BCUT2D eigenvalue weighted by Gasteiger charge is 2.48. The summed E-state index contributed by atoms with van der Waals surface area (Å²) in [4.78, 5) is 24.3. The molecular weight excluding hydrogens is 350 g/mol. The number of likely N-dealkylation sites (N-methyl/N-ethyl adjacent to an activating group) is 1. The predicted octanol–water partition coefficient (Wildman–Crippen LogP) is 2.24. The number of hydrogen-bond acceptors (Lipinski definition) is 4. The first-order chi connectivity index (χ1) is 13.3. The van der Waals surface area contributed by atoms with Gasteiger partial charge in [-0.1, -0.05) is 36.9 Å². The maximum Gasteiger partial charge on any atom is 0.321 e. The van der Waals surface area contributed by atoms with Crippen LogP contribution >= 0.6 is 0 Å². The highest BCUT2D eigenvalue weighted by molar-refractivity contribution is 6.04. The third kappa shape index (κ3) is 3.02. The van der Waals surface area contributed by atoms with E-state index in [2.05, 4.69) is 61.6 Å². The molecule has 1 atom stereocenters. The molecule has 148 valence electrons. The van der Waals surface area contributed by atoms with Crippen molar-refractivity contribution in [3.8, 4) is 0 Å². The average molecular weight is 380 g/mol. The molecule has 3 heterocycles. The van der Waals surface area contributed by atoms with Gasteiger partial charge >= 0.3 is 6.03 Å². The van der Waals surface area contributed by atoms with Crippen molar-refractivity contribution in [1.29, 1.82) is 0 Å². The Bertz CT molecular complexity index is 870. The van der Waals surface area contributed by atoms with Crippen molar-refractivity contribution >= 4 is 11.9 Å². The van der Waals surface area contributed by atoms with Crippen LogP contribution in [0.25, 0.3) is 0 Å². The fraction of sp³-hybridized carbons (Fsp3) is 0.455. The van der Waals surface area contributed by atoms with E-state index in [-0.39, 0.29) is 12.1 Å². The highest BCUT2D eigenvalue weighted by Crippen LogP contribution is 2.42. The Morgan fingerprint density at radius 3 is 2.68 bits per heavy atom. The van der Waals surface area contributed by atoms with Gasteiger partial charge in [0.25, 0.3) is 0 Å². The summed E-state index contributed by atoms with van der Waals surface area (Å²) in [5.41, 5.74) is 9.53. The summed E-state index contributed by atoms with van der Waals surface area (Å²) in [6, 6.07) is 10.6. The van der Waals surface area contributed by atoms with Gasteiger partial charge in [0.05, 0.1) is 23.8 Å². The van der Waals surface area contributed by atoms with Crippen LogP contribution in [-0.2, 0) is 6.42 Å². The number of rotatable bonds is 2. The fourth-order valence-corrected chi connectivity index (χ4v) is 4.73. The molecule has 28 heavy (non-hydrogen) atoms. The molecule has 0 spiro atoms. The number of carbonyl (C=O) groups excluding carboxylic acids is 1. The summed E-state index contributed by atoms with van der Waals surface area (Å²) in [6.07, 6.45) is 0.856. The highest BCUT2D eigenvalue weighted by atomic mass is 16.2. The molecule has 2 N–H and O–H groups in total. The molecule has 2 amide bonds. The second kappa shape index (κ2) is 6.78. The molecule has 3 aliphatic rings. The van der Waals surface area contributed by atoms with Crippen LogP contribution in [0.3, 0.4) is 0 Å². The van der Waals surface area contributed by atoms with Crippen molar-refractivity contribution in [2.75, 3.05) is 33.2 Å². The number of nitrogens with zero attached hydrogens (tertiary/aromatic N) is 4. The zero-order valence-corrected chi connectivity index (χ0v) is 17.0. The van der Waals surface area contributed by atoms with E-state index in [9.17, 15) is 4.79 Å². The lowest BCUT2D eigenvalue weighted by Crippen LogP contribution is -2.60. The molecule has 4 rings (SSSR count). The molecule has 6 heteroatoms. The van der Waals surface area contributed by atoms with Crippen LogP contribution in [0.2, 0.25) is 0 Å². The van der Waals surface area contributed by atoms with Crippen LogP contribution in [0, 0.1) is 0 Å². The molecule has 0 aromatic heterocycles. The number of aliphatic imine (C=N–C) groups is 1. The first-order valence-electron chi connectivity index (χ1n) is 9.87. The number of hydrogen-bond donors (Lipinski definition) is 1. The number of urea groups is 1. The molecule has 1 fully saturated rings. The zero-order chi connectivity index (χ0) is 20.1. The average Bonchev–Trinajstić information content (AvgIpc) is 3.09. The zero-order valence-electron chi connectivity index (χ0n) is 17.0. The second-order valence-electron chi connectivity index (χ2n) is 8.52. The third-order valence-electron chi connectivity index (χ3n) is 6.23. The monoisotopic (exact) mass is 379 g/mol. The van der Waals surface area contributed by atoms with Crippen LogP contribution < -0.4 is 5.73 Å². The summed E-state index contributed by atoms with van der Waals surface area (Å²) < 4.78 is 0. The molecule has 0 unspecified atom stereocenters. The minimum atomic E-state index is -0.464. The summed E-state index contributed by atoms with van der Waals surface area (Å²) in [5, 5.41) is 0. The second-order valence-corrected chi connectivity index (χ2v) is 8.52. The Kier molecular flexibility index (Phi) is 4.54. The Hall–Kier alpha value is -2.60. The topological polar surface area (TPSA) is 65.2 Å². The lowest BCUT2D eigenvalue weighted by atomic mass is 9.92. The number of amidine groups is 1. The van der Waals surface area contributed by atoms with Crippen molar-refractivity contribution in [2.45, 2.75) is 31.8 Å². The van der Waals surface area contributed by atoms with Gasteiger partial charge in [-0.2, -0.15) is 0 Å². The van der Waals surface area contributed by atoms with Crippen molar-refractivity contribution in [3.05, 3.63) is 59.3 Å². The van der Waals surface area contributed by atoms with Gasteiger partial charge in [0, 0.05) is 30.8 Å². The van der Waals surface area contributed by atoms with Crippen LogP contribution in [0.4, 0.5) is 4.79 Å². The summed E-state index contributed by atoms with van der Waals surface area (Å²) >= 11 is 0. The largest absolute Gasteiger partial charge is 0.383 e. The molecular formula is C22H29N5O. The fourth-order valence-electron chi connectivity index (χ4n) is 4.73. The first-order valence-corrected chi connectivity index (χ1v) is 9.87. The first kappa shape index (κ1) is 18.7. The number of piperazine rings is 1. The van der Waals surface area contributed by atoms with E-state index in [1.54, 1.807) is 0 Å². The quantitative estimate of drug-likeness (QED) is 0.857. The standard InChI is InChI=1S/C22H29N5O/c1-15-19-18(20(23)24-15)14-27(22(19,2)3)21(28)26-11-10-25(4)13-17(26)12-16-8-6-5-7-9-16/h5-9,17H,1,10-14H2,2-4H3,(H2,23,24)/t17-/m0/s1. The van der Waals surface area contributed by atoms with Gasteiger partial charge in [-0.15, -0.1) is 0 Å². The summed E-state index contributed by atoms with van der Waals surface area (Å²) in [6.45, 7) is 11.2. The van der Waals surface area contributed by atoms with Gasteiger partial charge in [0.1, 0.15) is 5.84 Å². The van der Waals surface area contributed by atoms with E-state index >= 15 is 0 Å². The van der Waals surface area contributed by atoms with E-state index in [1.165, 1.54) is 5.56 Å². The van der Waals surface area contributed by atoms with Crippen LogP contribution in [-0.4, -0.2) is 71.4 Å². The summed E-state index contributed by atoms with van der Waals surface area (Å²) in [5.74, 6) is 0.502. The van der Waals surface area contributed by atoms with Crippen molar-refractivity contribution < 1.29 is 4.79 Å². The smallest absolute Gasteiger partial charge is 0.321 e. The summed E-state index contributed by atoms with van der Waals surface area (Å²) in [7, 11) is 2.12. The van der Waals surface area contributed by atoms with E-state index in [0.29, 0.717) is 18.1 Å². The van der Waals surface area contributed by atoms with Crippen molar-refractivity contribution in [2.24, 2.45) is 10.7 Å². The molecule has 0 aliphatic carbocycles. The lowest BCUT2D eigenvalue weighted by molar-refractivity contribution is 0.0741. The predicted molar refractivity (Wildman–Crippen MR) is 112 cm³/mol. The minimum Gasteiger partial charge on any atom is -0.383 e. The molecule has 6 nitrogen and oxygen atoms in total. The molecule has 1 aromatic carbocycles. The normalized spacial score (nSPS) is 24.6. The lowest BCUT2D eigenvalue weighted by Gasteiger charge is -2.45. The number of carbonyl (C=O) groups is 1. The van der Waals surface area contributed by atoms with E-state index in [1.807, 2.05) is 15.9 Å². The van der Waals surface area contributed by atoms with Gasteiger partial charge < -0.3 is 20.4 Å². The minimum absolute atomic E-state index is 0.0778. The Labute approximate surface area is 167 Å². The Morgan fingerprint density at radius 1 is 1.29 bits per heavy atom. The van der Waals surface area contributed by atoms with Gasteiger partial charge in [0.15, 0.2) is 0 Å². The van der Waals surface area contributed by atoms with E-state index < -0.39 is 5.54 Å². The Balaban J connectivity index is 1.58. The maximum atomic E-state index is 13.7. The molecule has 0 radical (unpaired) electrons. The maximum absolute atomic E-state index is 13.7. The number of amides is 2. The Morgan fingerprint density at radius 2 is 2.00 bits per heavy atom. The van der Waals surface area contributed by atoms with Gasteiger partial charge in [-0.3, -0.25) is 0 Å². The van der Waals surface area contributed by atoms with Crippen molar-refractivity contribution in [3.63, 3.8) is 0 Å². The van der Waals surface area contributed by atoms with Crippen LogP contribution in [0.1, 0.15) is 19.4 Å². The van der Waals surface area contributed by atoms with E-state index in [4.69, 9.17) is 5.73 Å². The molecule has 1 saturated heterocycles. The molecule has 0 saturated carbocycles. The van der Waals surface area contributed by atoms with Crippen LogP contribution in [0.15, 0.2) is 58.7 Å². The molecule has 1 aromatic rings. The SMILES string of the molecule is C=C1N=C(N)C2=C1C(C)(C)N(C(=O)N1CCN(C)C[C@@H]1Cc1ccccc1)C2. The van der Waals surface area contributed by atoms with Gasteiger partial charge in [-0.05, 0) is 32.9 Å². The van der Waals surface area contributed by atoms with Crippen LogP contribution in [0.5, 0.6) is 0 Å². The van der Waals surface area contributed by atoms with Gasteiger partial charge in [0.2, 0.25) is 0 Å². The number of benzene rings is 1.